The highest BCUT2D eigenvalue weighted by molar-refractivity contribution is 6.19. The smallest absolute Gasteiger partial charge is 0.136 e. The van der Waals surface area contributed by atoms with Gasteiger partial charge in [0, 0.05) is 27.7 Å². The van der Waals surface area contributed by atoms with E-state index in [1.165, 1.54) is 0 Å². The molecule has 0 aliphatic carbocycles. The molecule has 2 heteroatoms. The molecule has 10 aromatic rings. The molecule has 10 rings (SSSR count). The van der Waals surface area contributed by atoms with Crippen LogP contribution in [0.3, 0.4) is 0 Å². The van der Waals surface area contributed by atoms with Crippen molar-refractivity contribution in [2.75, 3.05) is 4.90 Å². The Labute approximate surface area is 333 Å². The van der Waals surface area contributed by atoms with Crippen LogP contribution >= 0.6 is 0 Å². The second-order valence-corrected chi connectivity index (χ2v) is 12.7. The predicted molar refractivity (Wildman–Crippen MR) is 228 cm³/mol. The van der Waals surface area contributed by atoms with Gasteiger partial charge in [-0.3, -0.25) is 0 Å². The zero-order valence-corrected chi connectivity index (χ0v) is 28.6. The van der Waals surface area contributed by atoms with Gasteiger partial charge in [-0.25, -0.2) is 0 Å². The predicted octanol–water partition coefficient (Wildman–Crippen LogP) is 14.9. The van der Waals surface area contributed by atoms with Gasteiger partial charge in [-0.1, -0.05) is 164 Å². The van der Waals surface area contributed by atoms with Crippen molar-refractivity contribution in [3.63, 3.8) is 0 Å². The highest BCUT2D eigenvalue weighted by Crippen LogP contribution is 2.43. The van der Waals surface area contributed by atoms with Crippen molar-refractivity contribution in [1.29, 1.82) is 0 Å². The Bertz CT molecular complexity index is 3620. The van der Waals surface area contributed by atoms with Gasteiger partial charge in [-0.05, 0) is 98.1 Å². The third-order valence-electron chi connectivity index (χ3n) is 9.46. The molecule has 54 heavy (non-hydrogen) atoms. The number of nitrogens with zero attached hydrogens (tertiary/aromatic N) is 1. The van der Waals surface area contributed by atoms with E-state index in [9.17, 15) is 9.60 Å². The topological polar surface area (TPSA) is 16.4 Å². The summed E-state index contributed by atoms with van der Waals surface area (Å²) in [6.45, 7) is 0. The highest BCUT2D eigenvalue weighted by Gasteiger charge is 2.18. The zero-order chi connectivity index (χ0) is 47.2. The van der Waals surface area contributed by atoms with E-state index in [-0.39, 0.29) is 38.4 Å². The minimum Gasteiger partial charge on any atom is -0.456 e. The van der Waals surface area contributed by atoms with Gasteiger partial charge in [0.2, 0.25) is 0 Å². The second kappa shape index (κ2) is 13.4. The minimum absolute atomic E-state index is 0.125. The van der Waals surface area contributed by atoms with Crippen molar-refractivity contribution >= 4 is 49.8 Å². The molecule has 0 fully saturated rings. The van der Waals surface area contributed by atoms with Crippen LogP contribution in [-0.4, -0.2) is 0 Å². The molecule has 0 N–H and O–H groups in total. The summed E-state index contributed by atoms with van der Waals surface area (Å²) >= 11 is 0. The minimum atomic E-state index is -0.683. The van der Waals surface area contributed by atoms with E-state index in [0.29, 0.717) is 11.4 Å². The number of hydrogen-bond acceptors (Lipinski definition) is 2. The molecule has 0 amide bonds. The first kappa shape index (κ1) is 20.8. The average Bonchev–Trinajstić information content (AvgIpc) is 3.76. The first-order valence-corrected chi connectivity index (χ1v) is 17.4. The van der Waals surface area contributed by atoms with Gasteiger partial charge in [-0.2, -0.15) is 0 Å². The molecule has 254 valence electrons. The largest absolute Gasteiger partial charge is 0.456 e. The lowest BCUT2D eigenvalue weighted by Crippen LogP contribution is -2.11. The number of rotatable bonds is 7. The third kappa shape index (κ3) is 5.71. The summed E-state index contributed by atoms with van der Waals surface area (Å²) in [5, 5.41) is -0.924. The second-order valence-electron chi connectivity index (χ2n) is 12.7. The number of hydrogen-bond donors (Lipinski definition) is 0. The number of furan rings is 1. The van der Waals surface area contributed by atoms with E-state index in [2.05, 4.69) is 0 Å². The maximum absolute atomic E-state index is 9.67. The Morgan fingerprint density at radius 1 is 0.389 bits per heavy atom. The highest BCUT2D eigenvalue weighted by atomic mass is 16.3. The van der Waals surface area contributed by atoms with Crippen LogP contribution in [0.25, 0.3) is 77.2 Å². The van der Waals surface area contributed by atoms with Crippen LogP contribution < -0.4 is 4.90 Å². The molecular formula is C52H35NO. The van der Waals surface area contributed by atoms with Crippen LogP contribution in [0, 0.1) is 0 Å². The molecule has 0 spiro atoms. The zero-order valence-electron chi connectivity index (χ0n) is 41.6. The van der Waals surface area contributed by atoms with Crippen LogP contribution in [0.4, 0.5) is 17.1 Å². The summed E-state index contributed by atoms with van der Waals surface area (Å²) in [5.41, 5.74) is 4.82. The maximum Gasteiger partial charge on any atom is 0.136 e. The van der Waals surface area contributed by atoms with E-state index in [0.717, 1.165) is 33.4 Å². The van der Waals surface area contributed by atoms with Gasteiger partial charge in [0.05, 0.1) is 23.5 Å². The van der Waals surface area contributed by atoms with E-state index >= 15 is 0 Å². The SMILES string of the molecule is [2H]c1c([2H])c(N(c2ccc(-c3ccccc3)cc2)c2ccccc2-c2ccc(-c3ccccc3)cc2)c([2H])c([2H])c1-c1c([2H])c([2H])c2c(c1[2H])c([2H])c([2H])c1oc3c([2H])c([2H])c([2H])c([2H])c3c12. The number of benzene rings is 9. The van der Waals surface area contributed by atoms with Gasteiger partial charge < -0.3 is 9.32 Å². The molecule has 1 aromatic heterocycles. The fourth-order valence-corrected chi connectivity index (χ4v) is 6.83. The molecular weight excluding hydrogens is 655 g/mol. The summed E-state index contributed by atoms with van der Waals surface area (Å²) in [7, 11) is 0. The number of fused-ring (bicyclic) bond motifs is 5. The number of para-hydroxylation sites is 2. The van der Waals surface area contributed by atoms with Crippen molar-refractivity contribution in [1.82, 2.24) is 0 Å². The third-order valence-corrected chi connectivity index (χ3v) is 9.46. The summed E-state index contributed by atoms with van der Waals surface area (Å²) < 4.78 is 124. The van der Waals surface area contributed by atoms with Gasteiger partial charge in [0.25, 0.3) is 0 Å². The van der Waals surface area contributed by atoms with Crippen LogP contribution in [0.2, 0.25) is 0 Å². The Morgan fingerprint density at radius 2 is 0.981 bits per heavy atom. The summed E-state index contributed by atoms with van der Waals surface area (Å²) in [5.74, 6) is 0. The lowest BCUT2D eigenvalue weighted by Gasteiger charge is -2.28. The summed E-state index contributed by atoms with van der Waals surface area (Å²) in [6, 6.07) is 35.0. The normalized spacial score (nSPS) is 14.7. The average molecular weight is 703 g/mol. The van der Waals surface area contributed by atoms with E-state index < -0.39 is 89.7 Å². The van der Waals surface area contributed by atoms with Gasteiger partial charge in [0.15, 0.2) is 0 Å². The lowest BCUT2D eigenvalue weighted by molar-refractivity contribution is 0.669. The van der Waals surface area contributed by atoms with Crippen molar-refractivity contribution in [3.8, 4) is 44.5 Å². The van der Waals surface area contributed by atoms with Crippen molar-refractivity contribution in [2.45, 2.75) is 0 Å². The van der Waals surface area contributed by atoms with E-state index in [4.69, 9.17) is 12.6 Å². The molecule has 0 saturated carbocycles. The molecule has 2 nitrogen and oxygen atoms in total. The molecule has 0 aliphatic rings. The van der Waals surface area contributed by atoms with Gasteiger partial charge >= 0.3 is 0 Å². The Kier molecular flexibility index (Phi) is 5.17. The van der Waals surface area contributed by atoms with Gasteiger partial charge in [0.1, 0.15) is 11.2 Å². The molecule has 0 saturated heterocycles. The fourth-order valence-electron chi connectivity index (χ4n) is 6.83. The van der Waals surface area contributed by atoms with Crippen LogP contribution in [0.1, 0.15) is 17.8 Å². The molecule has 0 unspecified atom stereocenters. The molecule has 0 atom stereocenters. The first-order valence-electron chi connectivity index (χ1n) is 23.9. The Hall–Kier alpha value is -7.16. The Morgan fingerprint density at radius 3 is 1.70 bits per heavy atom. The van der Waals surface area contributed by atoms with Crippen LogP contribution in [-0.2, 0) is 0 Å². The van der Waals surface area contributed by atoms with Gasteiger partial charge in [-0.15, -0.1) is 0 Å². The molecule has 1 heterocycles. The van der Waals surface area contributed by atoms with Crippen molar-refractivity contribution < 1.29 is 22.2 Å². The van der Waals surface area contributed by atoms with Crippen LogP contribution in [0.5, 0.6) is 0 Å². The summed E-state index contributed by atoms with van der Waals surface area (Å²) in [4.78, 5) is 1.66. The van der Waals surface area contributed by atoms with E-state index in [1.807, 2.05) is 133 Å². The quantitative estimate of drug-likeness (QED) is 0.164. The fraction of sp³-hybridized carbons (Fsp3) is 0. The Balaban J connectivity index is 1.21. The standard InChI is InChI=1S/C52H35NO/c1-3-11-36(12-4-1)38-19-21-41(22-20-38)46-15-7-9-17-49(46)53(44-29-23-39(24-30-44)37-13-5-2-6-14-37)45-31-25-40(26-32-45)42-27-33-47-43(35-42)28-34-51-52(47)48-16-8-10-18-50(48)54-51/h1-35H/i8D,10D,16D,18D,25D,26D,27D,28D,31D,32D,33D,34D,35D. The van der Waals surface area contributed by atoms with Crippen molar-refractivity contribution in [3.05, 3.63) is 212 Å². The molecule has 0 radical (unpaired) electrons. The molecule has 0 bridgehead atoms. The number of anilines is 3. The molecule has 9 aromatic carbocycles. The summed E-state index contributed by atoms with van der Waals surface area (Å²) in [6.07, 6.45) is 0. The maximum atomic E-state index is 9.67. The van der Waals surface area contributed by atoms with Crippen LogP contribution in [0.15, 0.2) is 216 Å². The van der Waals surface area contributed by atoms with Crippen molar-refractivity contribution in [2.24, 2.45) is 0 Å². The lowest BCUT2D eigenvalue weighted by atomic mass is 9.97. The first-order chi connectivity index (χ1) is 32.2. The monoisotopic (exact) mass is 702 g/mol. The molecule has 0 aliphatic heterocycles. The van der Waals surface area contributed by atoms with E-state index in [1.54, 1.807) is 4.90 Å².